The van der Waals surface area contributed by atoms with E-state index < -0.39 is 0 Å². The van der Waals surface area contributed by atoms with E-state index in [2.05, 4.69) is 0 Å². The topological polar surface area (TPSA) is 55.6 Å². The van der Waals surface area contributed by atoms with Gasteiger partial charge in [-0.25, -0.2) is 0 Å². The third-order valence-electron chi connectivity index (χ3n) is 2.70. The van der Waals surface area contributed by atoms with Crippen LogP contribution in [0, 0.1) is 0 Å². The predicted molar refractivity (Wildman–Crippen MR) is 81.5 cm³/mol. The van der Waals surface area contributed by atoms with Gasteiger partial charge in [0.25, 0.3) is 0 Å². The maximum absolute atomic E-state index is 12.0. The minimum absolute atomic E-state index is 0.0104. The van der Waals surface area contributed by atoms with Gasteiger partial charge in [-0.15, -0.1) is 0 Å². The minimum atomic E-state index is 0.0104. The third-order valence-corrected chi connectivity index (χ3v) is 2.94. The maximum atomic E-state index is 12.0. The first kappa shape index (κ1) is 15.6. The van der Waals surface area contributed by atoms with Gasteiger partial charge < -0.3 is 15.4 Å². The molecule has 0 bridgehead atoms. The zero-order valence-corrected chi connectivity index (χ0v) is 12.2. The van der Waals surface area contributed by atoms with Crippen LogP contribution in [-0.2, 0) is 9.53 Å². The van der Waals surface area contributed by atoms with Crippen molar-refractivity contribution in [3.63, 3.8) is 0 Å². The fourth-order valence-electron chi connectivity index (χ4n) is 1.59. The van der Waals surface area contributed by atoms with Gasteiger partial charge in [-0.2, -0.15) is 0 Å². The molecule has 1 aromatic carbocycles. The summed E-state index contributed by atoms with van der Waals surface area (Å²) in [5, 5.41) is 0. The molecule has 2 N–H and O–H groups in total. The maximum Gasteiger partial charge on any atom is 0.229 e. The largest absolute Gasteiger partial charge is 0.389 e. The van der Waals surface area contributed by atoms with E-state index in [1.807, 2.05) is 31.2 Å². The molecule has 4 nitrogen and oxygen atoms in total. The molecule has 0 aromatic heterocycles. The highest BCUT2D eigenvalue weighted by Crippen LogP contribution is 2.15. The lowest BCUT2D eigenvalue weighted by molar-refractivity contribution is -0.119. The van der Waals surface area contributed by atoms with E-state index >= 15 is 0 Å². The summed E-state index contributed by atoms with van der Waals surface area (Å²) < 4.78 is 5.31. The van der Waals surface area contributed by atoms with Crippen molar-refractivity contribution in [2.24, 2.45) is 5.73 Å². The number of anilines is 1. The number of amides is 1. The molecular weight excluding hydrogens is 260 g/mol. The number of nitrogens with two attached hydrogens (primary N) is 1. The molecule has 5 heteroatoms. The molecule has 104 valence electrons. The van der Waals surface area contributed by atoms with Gasteiger partial charge >= 0.3 is 0 Å². The summed E-state index contributed by atoms with van der Waals surface area (Å²) in [6.45, 7) is 3.18. The Morgan fingerprint density at radius 3 is 2.79 bits per heavy atom. The molecule has 0 heterocycles. The Hall–Kier alpha value is -1.46. The Balaban J connectivity index is 2.61. The summed E-state index contributed by atoms with van der Waals surface area (Å²) in [6.07, 6.45) is 1.33. The summed E-state index contributed by atoms with van der Waals surface area (Å²) in [5.74, 6) is 0.0104. The summed E-state index contributed by atoms with van der Waals surface area (Å²) in [4.78, 5) is 13.9. The number of rotatable bonds is 7. The number of carbonyl (C=O) groups excluding carboxylic acids is 1. The van der Waals surface area contributed by atoms with Crippen molar-refractivity contribution in [3.8, 4) is 0 Å². The molecule has 19 heavy (non-hydrogen) atoms. The van der Waals surface area contributed by atoms with Crippen LogP contribution in [0.5, 0.6) is 0 Å². The number of hydrogen-bond acceptors (Lipinski definition) is 3. The van der Waals surface area contributed by atoms with Crippen LogP contribution < -0.4 is 10.6 Å². The van der Waals surface area contributed by atoms with Crippen molar-refractivity contribution >= 4 is 28.8 Å². The number of carbonyl (C=O) groups is 1. The van der Waals surface area contributed by atoms with Gasteiger partial charge in [0.1, 0.15) is 4.99 Å². The van der Waals surface area contributed by atoms with Gasteiger partial charge in [0.15, 0.2) is 0 Å². The molecule has 0 saturated carbocycles. The molecular formula is C14H20N2O2S. The number of ether oxygens (including phenoxy) is 1. The van der Waals surface area contributed by atoms with Crippen molar-refractivity contribution in [1.29, 1.82) is 0 Å². The Kier molecular flexibility index (Phi) is 6.45. The van der Waals surface area contributed by atoms with Gasteiger partial charge in [0.2, 0.25) is 5.91 Å². The molecule has 0 spiro atoms. The first-order chi connectivity index (χ1) is 9.06. The van der Waals surface area contributed by atoms with E-state index in [0.717, 1.165) is 17.7 Å². The second-order valence-corrected chi connectivity index (χ2v) is 4.67. The molecule has 0 saturated heterocycles. The quantitative estimate of drug-likeness (QED) is 0.614. The lowest BCUT2D eigenvalue weighted by Gasteiger charge is -2.18. The molecule has 1 rings (SSSR count). The molecule has 1 amide bonds. The first-order valence-corrected chi connectivity index (χ1v) is 6.71. The molecule has 0 aliphatic rings. The monoisotopic (exact) mass is 280 g/mol. The summed E-state index contributed by atoms with van der Waals surface area (Å²) in [5.41, 5.74) is 7.12. The van der Waals surface area contributed by atoms with E-state index in [1.165, 1.54) is 0 Å². The Morgan fingerprint density at radius 1 is 1.42 bits per heavy atom. The lowest BCUT2D eigenvalue weighted by atomic mass is 10.2. The lowest BCUT2D eigenvalue weighted by Crippen LogP contribution is -2.27. The molecule has 0 aliphatic carbocycles. The van der Waals surface area contributed by atoms with Crippen LogP contribution in [0.15, 0.2) is 24.3 Å². The first-order valence-electron chi connectivity index (χ1n) is 6.30. The minimum Gasteiger partial charge on any atom is -0.389 e. The Labute approximate surface area is 119 Å². The van der Waals surface area contributed by atoms with E-state index in [-0.39, 0.29) is 5.91 Å². The van der Waals surface area contributed by atoms with Gasteiger partial charge in [-0.05, 0) is 18.6 Å². The second kappa shape index (κ2) is 7.86. The number of hydrogen-bond donors (Lipinski definition) is 1. The van der Waals surface area contributed by atoms with Crippen LogP contribution in [0.2, 0.25) is 0 Å². The summed E-state index contributed by atoms with van der Waals surface area (Å²) in [7, 11) is 1.74. The highest BCUT2D eigenvalue weighted by molar-refractivity contribution is 7.80. The average molecular weight is 280 g/mol. The van der Waals surface area contributed by atoms with Gasteiger partial charge in [-0.1, -0.05) is 31.3 Å². The predicted octanol–water partition coefficient (Wildman–Crippen LogP) is 2.10. The van der Waals surface area contributed by atoms with Crippen LogP contribution >= 0.6 is 12.2 Å². The highest BCUT2D eigenvalue weighted by Gasteiger charge is 2.11. The summed E-state index contributed by atoms with van der Waals surface area (Å²) >= 11 is 4.93. The van der Waals surface area contributed by atoms with E-state index in [4.69, 9.17) is 22.7 Å². The van der Waals surface area contributed by atoms with Crippen LogP contribution in [0.25, 0.3) is 0 Å². The summed E-state index contributed by atoms with van der Waals surface area (Å²) in [6, 6.07) is 7.33. The normalized spacial score (nSPS) is 10.2. The van der Waals surface area contributed by atoms with E-state index in [0.29, 0.717) is 24.6 Å². The van der Waals surface area contributed by atoms with Crippen molar-refractivity contribution in [2.75, 3.05) is 25.2 Å². The fourth-order valence-corrected chi connectivity index (χ4v) is 1.71. The number of thiocarbonyl (C=S) groups is 1. The molecule has 0 unspecified atom stereocenters. The molecule has 0 radical (unpaired) electrons. The Bertz CT molecular complexity index is 449. The van der Waals surface area contributed by atoms with E-state index in [1.54, 1.807) is 11.9 Å². The van der Waals surface area contributed by atoms with Crippen molar-refractivity contribution in [3.05, 3.63) is 29.8 Å². The second-order valence-electron chi connectivity index (χ2n) is 4.23. The molecule has 0 atom stereocenters. The molecule has 1 aromatic rings. The number of benzene rings is 1. The van der Waals surface area contributed by atoms with Crippen LogP contribution in [0.3, 0.4) is 0 Å². The zero-order chi connectivity index (χ0) is 14.3. The molecule has 0 aliphatic heterocycles. The highest BCUT2D eigenvalue weighted by atomic mass is 32.1. The van der Waals surface area contributed by atoms with Crippen LogP contribution in [0.4, 0.5) is 5.69 Å². The fraction of sp³-hybridized carbons (Fsp3) is 0.429. The van der Waals surface area contributed by atoms with Crippen molar-refractivity contribution in [2.45, 2.75) is 19.8 Å². The van der Waals surface area contributed by atoms with Gasteiger partial charge in [0, 0.05) is 24.9 Å². The smallest absolute Gasteiger partial charge is 0.229 e. The van der Waals surface area contributed by atoms with Crippen molar-refractivity contribution < 1.29 is 9.53 Å². The van der Waals surface area contributed by atoms with Gasteiger partial charge in [-0.3, -0.25) is 4.79 Å². The molecule has 0 fully saturated rings. The standard InChI is InChI=1S/C14H20N2O2S/c1-3-8-18-9-7-13(17)16(2)12-6-4-5-11(10-12)14(15)19/h4-6,10H,3,7-9H2,1-2H3,(H2,15,19). The zero-order valence-electron chi connectivity index (χ0n) is 11.4. The number of nitrogens with zero attached hydrogens (tertiary/aromatic N) is 1. The van der Waals surface area contributed by atoms with Gasteiger partial charge in [0.05, 0.1) is 13.0 Å². The van der Waals surface area contributed by atoms with Crippen LogP contribution in [-0.4, -0.2) is 31.2 Å². The average Bonchev–Trinajstić information content (AvgIpc) is 2.42. The third kappa shape index (κ3) is 4.96. The van der Waals surface area contributed by atoms with Crippen LogP contribution in [0.1, 0.15) is 25.3 Å². The SMILES string of the molecule is CCCOCCC(=O)N(C)c1cccc(C(N)=S)c1. The van der Waals surface area contributed by atoms with Crippen molar-refractivity contribution in [1.82, 2.24) is 0 Å². The Morgan fingerprint density at radius 2 is 2.16 bits per heavy atom. The van der Waals surface area contributed by atoms with E-state index in [9.17, 15) is 4.79 Å².